The van der Waals surface area contributed by atoms with Crippen molar-refractivity contribution in [1.29, 1.82) is 0 Å². The van der Waals surface area contributed by atoms with Crippen LogP contribution in [-0.4, -0.2) is 28.0 Å². The molecule has 2 aromatic rings. The Kier molecular flexibility index (Phi) is 3.35. The quantitative estimate of drug-likeness (QED) is 0.816. The normalized spacial score (nSPS) is 23.8. The Labute approximate surface area is 121 Å². The number of phenolic OH excluding ortho intramolecular Hbond substituents is 1. The number of aromatic hydroxyl groups is 1. The van der Waals surface area contributed by atoms with Crippen LogP contribution in [0, 0.1) is 5.92 Å². The van der Waals surface area contributed by atoms with Crippen LogP contribution in [0.3, 0.4) is 0 Å². The average Bonchev–Trinajstić information content (AvgIpc) is 2.41. The highest BCUT2D eigenvalue weighted by Gasteiger charge is 2.25. The topological polar surface area (TPSA) is 36.4 Å². The fourth-order valence-electron chi connectivity index (χ4n) is 2.61. The monoisotopic (exact) mass is 320 g/mol. The second kappa shape index (κ2) is 5.00. The Morgan fingerprint density at radius 3 is 3.00 bits per heavy atom. The molecule has 19 heavy (non-hydrogen) atoms. The lowest BCUT2D eigenvalue weighted by Crippen LogP contribution is -2.40. The van der Waals surface area contributed by atoms with E-state index in [1.807, 2.05) is 18.3 Å². The van der Waals surface area contributed by atoms with Crippen molar-refractivity contribution in [2.45, 2.75) is 18.2 Å². The summed E-state index contributed by atoms with van der Waals surface area (Å²) in [6.45, 7) is 4.26. The van der Waals surface area contributed by atoms with Gasteiger partial charge in [-0.05, 0) is 35.9 Å². The number of anilines is 1. The highest BCUT2D eigenvalue weighted by atomic mass is 79.9. The van der Waals surface area contributed by atoms with Gasteiger partial charge in [0.05, 0.1) is 0 Å². The number of benzene rings is 1. The van der Waals surface area contributed by atoms with Gasteiger partial charge in [0.1, 0.15) is 11.6 Å². The zero-order chi connectivity index (χ0) is 13.4. The van der Waals surface area contributed by atoms with Crippen molar-refractivity contribution >= 4 is 32.5 Å². The van der Waals surface area contributed by atoms with Gasteiger partial charge in [0.25, 0.3) is 0 Å². The molecule has 1 saturated heterocycles. The number of piperidine rings is 1. The molecule has 1 fully saturated rings. The maximum Gasteiger partial charge on any atom is 0.136 e. The van der Waals surface area contributed by atoms with Crippen molar-refractivity contribution in [2.75, 3.05) is 18.0 Å². The smallest absolute Gasteiger partial charge is 0.136 e. The maximum atomic E-state index is 9.69. The molecule has 4 heteroatoms. The molecule has 0 radical (unpaired) electrons. The van der Waals surface area contributed by atoms with E-state index in [0.29, 0.717) is 16.5 Å². The van der Waals surface area contributed by atoms with Gasteiger partial charge in [-0.25, -0.2) is 4.98 Å². The van der Waals surface area contributed by atoms with Crippen LogP contribution in [0.2, 0.25) is 0 Å². The van der Waals surface area contributed by atoms with Crippen LogP contribution in [0.15, 0.2) is 30.5 Å². The molecule has 1 aromatic carbocycles. The van der Waals surface area contributed by atoms with E-state index in [9.17, 15) is 5.11 Å². The third-order valence-electron chi connectivity index (χ3n) is 3.89. The molecule has 1 N–H and O–H groups in total. The average molecular weight is 321 g/mol. The van der Waals surface area contributed by atoms with Crippen LogP contribution >= 0.6 is 15.9 Å². The van der Waals surface area contributed by atoms with Crippen LogP contribution in [-0.2, 0) is 0 Å². The predicted octanol–water partition coefficient (Wildman–Crippen LogP) is 3.55. The van der Waals surface area contributed by atoms with E-state index in [1.54, 1.807) is 12.1 Å². The van der Waals surface area contributed by atoms with Crippen molar-refractivity contribution in [3.63, 3.8) is 0 Å². The first-order chi connectivity index (χ1) is 9.15. The lowest BCUT2D eigenvalue weighted by atomic mass is 9.98. The number of fused-ring (bicyclic) bond motifs is 1. The number of hydrogen-bond acceptors (Lipinski definition) is 3. The molecule has 0 saturated carbocycles. The van der Waals surface area contributed by atoms with E-state index in [4.69, 9.17) is 0 Å². The zero-order valence-electron chi connectivity index (χ0n) is 10.9. The molecule has 3 rings (SSSR count). The third-order valence-corrected chi connectivity index (χ3v) is 5.09. The van der Waals surface area contributed by atoms with Gasteiger partial charge in [-0.2, -0.15) is 0 Å². The van der Waals surface area contributed by atoms with Gasteiger partial charge in [0.2, 0.25) is 0 Å². The highest BCUT2D eigenvalue weighted by Crippen LogP contribution is 2.32. The van der Waals surface area contributed by atoms with Crippen molar-refractivity contribution in [3.8, 4) is 5.75 Å². The van der Waals surface area contributed by atoms with Crippen molar-refractivity contribution in [2.24, 2.45) is 5.92 Å². The molecular formula is C15H17BrN2O. The molecule has 2 unspecified atom stereocenters. The van der Waals surface area contributed by atoms with Crippen molar-refractivity contribution in [1.82, 2.24) is 4.98 Å². The van der Waals surface area contributed by atoms with Crippen LogP contribution in [0.4, 0.5) is 5.82 Å². The van der Waals surface area contributed by atoms with Crippen molar-refractivity contribution < 1.29 is 5.11 Å². The van der Waals surface area contributed by atoms with E-state index < -0.39 is 0 Å². The third kappa shape index (κ3) is 2.41. The first kappa shape index (κ1) is 12.7. The second-order valence-electron chi connectivity index (χ2n) is 5.27. The van der Waals surface area contributed by atoms with Gasteiger partial charge in [0, 0.05) is 29.5 Å². The Morgan fingerprint density at radius 2 is 2.21 bits per heavy atom. The van der Waals surface area contributed by atoms with Gasteiger partial charge < -0.3 is 10.0 Å². The van der Waals surface area contributed by atoms with E-state index in [-0.39, 0.29) is 0 Å². The first-order valence-corrected chi connectivity index (χ1v) is 7.53. The molecule has 1 aliphatic heterocycles. The van der Waals surface area contributed by atoms with Gasteiger partial charge in [-0.15, -0.1) is 0 Å². The van der Waals surface area contributed by atoms with Gasteiger partial charge in [-0.3, -0.25) is 0 Å². The number of halogens is 1. The lowest BCUT2D eigenvalue weighted by Gasteiger charge is -2.35. The molecule has 2 atom stereocenters. The fourth-order valence-corrected chi connectivity index (χ4v) is 3.22. The molecule has 1 aliphatic rings. The summed E-state index contributed by atoms with van der Waals surface area (Å²) in [5.41, 5.74) is 0. The summed E-state index contributed by atoms with van der Waals surface area (Å²) in [5, 5.41) is 11.8. The fraction of sp³-hybridized carbons (Fsp3) is 0.400. The highest BCUT2D eigenvalue weighted by molar-refractivity contribution is 9.09. The summed E-state index contributed by atoms with van der Waals surface area (Å²) in [6, 6.07) is 7.45. The Balaban J connectivity index is 2.03. The minimum Gasteiger partial charge on any atom is -0.508 e. The van der Waals surface area contributed by atoms with Gasteiger partial charge >= 0.3 is 0 Å². The maximum absolute atomic E-state index is 9.69. The van der Waals surface area contributed by atoms with E-state index in [1.165, 1.54) is 0 Å². The second-order valence-corrected chi connectivity index (χ2v) is 6.44. The number of nitrogens with zero attached hydrogens (tertiary/aromatic N) is 2. The number of rotatable bonds is 1. The summed E-state index contributed by atoms with van der Waals surface area (Å²) in [6.07, 6.45) is 3.00. The SMILES string of the molecule is CC1CCN(c2nccc3ccc(O)cc23)CC1Br. The van der Waals surface area contributed by atoms with Crippen LogP contribution in [0.5, 0.6) is 5.75 Å². The van der Waals surface area contributed by atoms with Gasteiger partial charge in [0.15, 0.2) is 0 Å². The summed E-state index contributed by atoms with van der Waals surface area (Å²) in [7, 11) is 0. The zero-order valence-corrected chi connectivity index (χ0v) is 12.5. The molecule has 0 bridgehead atoms. The lowest BCUT2D eigenvalue weighted by molar-refractivity contribution is 0.455. The number of pyridine rings is 1. The molecular weight excluding hydrogens is 304 g/mol. The molecule has 2 heterocycles. The van der Waals surface area contributed by atoms with Crippen LogP contribution < -0.4 is 4.90 Å². The first-order valence-electron chi connectivity index (χ1n) is 6.62. The summed E-state index contributed by atoms with van der Waals surface area (Å²) in [5.74, 6) is 1.96. The summed E-state index contributed by atoms with van der Waals surface area (Å²) < 4.78 is 0. The van der Waals surface area contributed by atoms with Crippen LogP contribution in [0.25, 0.3) is 10.8 Å². The minimum absolute atomic E-state index is 0.294. The predicted molar refractivity (Wildman–Crippen MR) is 82.1 cm³/mol. The minimum atomic E-state index is 0.294. The molecule has 0 amide bonds. The number of alkyl halides is 1. The molecule has 1 aromatic heterocycles. The van der Waals surface area contributed by atoms with E-state index in [0.717, 1.165) is 36.1 Å². The van der Waals surface area contributed by atoms with Gasteiger partial charge in [-0.1, -0.05) is 28.9 Å². The molecule has 3 nitrogen and oxygen atoms in total. The number of aromatic nitrogens is 1. The molecule has 0 spiro atoms. The summed E-state index contributed by atoms with van der Waals surface area (Å²) >= 11 is 3.75. The largest absolute Gasteiger partial charge is 0.508 e. The van der Waals surface area contributed by atoms with E-state index >= 15 is 0 Å². The molecule has 100 valence electrons. The number of hydrogen-bond donors (Lipinski definition) is 1. The standard InChI is InChI=1S/C15H17BrN2O/c1-10-5-7-18(9-14(10)16)15-13-8-12(19)3-2-11(13)4-6-17-15/h2-4,6,8,10,14,19H,5,7,9H2,1H3. The number of phenols is 1. The van der Waals surface area contributed by atoms with E-state index in [2.05, 4.69) is 32.7 Å². The summed E-state index contributed by atoms with van der Waals surface area (Å²) in [4.78, 5) is 7.33. The Hall–Kier alpha value is -1.29. The Bertz CT molecular complexity index is 602. The van der Waals surface area contributed by atoms with Crippen molar-refractivity contribution in [3.05, 3.63) is 30.5 Å². The van der Waals surface area contributed by atoms with Crippen LogP contribution in [0.1, 0.15) is 13.3 Å². The molecule has 0 aliphatic carbocycles. The Morgan fingerprint density at radius 1 is 1.37 bits per heavy atom.